The minimum absolute atomic E-state index is 0.763. The van der Waals surface area contributed by atoms with Crippen molar-refractivity contribution in [3.8, 4) is 0 Å². The summed E-state index contributed by atoms with van der Waals surface area (Å²) in [7, 11) is 0. The first-order chi connectivity index (χ1) is 9.24. The summed E-state index contributed by atoms with van der Waals surface area (Å²) < 4.78 is 0. The topological polar surface area (TPSA) is 28.2 Å². The van der Waals surface area contributed by atoms with Crippen molar-refractivity contribution < 1.29 is 0 Å². The molecule has 3 nitrogen and oxygen atoms in total. The Morgan fingerprint density at radius 2 is 1.95 bits per heavy atom. The summed E-state index contributed by atoms with van der Waals surface area (Å²) in [5.74, 6) is 1.88. The molecule has 1 aromatic rings. The van der Waals surface area contributed by atoms with Crippen LogP contribution in [-0.4, -0.2) is 24.6 Å². The minimum atomic E-state index is 0.763. The van der Waals surface area contributed by atoms with Gasteiger partial charge in [-0.1, -0.05) is 33.6 Å². The Morgan fingerprint density at radius 1 is 1.21 bits per heavy atom. The smallest absolute Gasteiger partial charge is 0.128 e. The highest BCUT2D eigenvalue weighted by Crippen LogP contribution is 2.17. The van der Waals surface area contributed by atoms with E-state index in [1.807, 2.05) is 6.20 Å². The van der Waals surface area contributed by atoms with Crippen molar-refractivity contribution in [2.24, 2.45) is 5.92 Å². The van der Waals surface area contributed by atoms with E-state index in [-0.39, 0.29) is 0 Å². The lowest BCUT2D eigenvalue weighted by atomic mass is 10.0. The highest BCUT2D eigenvalue weighted by molar-refractivity contribution is 5.40. The molecular weight excluding hydrogens is 234 g/mol. The number of hydrogen-bond acceptors (Lipinski definition) is 3. The molecule has 0 aromatic carbocycles. The van der Waals surface area contributed by atoms with Gasteiger partial charge in [0.05, 0.1) is 0 Å². The molecule has 0 atom stereocenters. The second kappa shape index (κ2) is 8.92. The van der Waals surface area contributed by atoms with Gasteiger partial charge in [-0.05, 0) is 37.1 Å². The fraction of sp³-hybridized carbons (Fsp3) is 0.688. The Hall–Kier alpha value is -1.09. The normalized spacial score (nSPS) is 11.0. The van der Waals surface area contributed by atoms with Crippen LogP contribution in [0.1, 0.15) is 46.1 Å². The Balaban J connectivity index is 2.74. The summed E-state index contributed by atoms with van der Waals surface area (Å²) in [6.45, 7) is 13.0. The van der Waals surface area contributed by atoms with Crippen LogP contribution in [0.3, 0.4) is 0 Å². The molecule has 0 aliphatic carbocycles. The maximum absolute atomic E-state index is 4.54. The van der Waals surface area contributed by atoms with Gasteiger partial charge in [0.25, 0.3) is 0 Å². The maximum Gasteiger partial charge on any atom is 0.128 e. The third-order valence-corrected chi connectivity index (χ3v) is 3.73. The van der Waals surface area contributed by atoms with E-state index in [0.29, 0.717) is 0 Å². The van der Waals surface area contributed by atoms with Gasteiger partial charge in [-0.2, -0.15) is 0 Å². The second-order valence-electron chi connectivity index (χ2n) is 5.02. The summed E-state index contributed by atoms with van der Waals surface area (Å²) in [6, 6.07) is 4.31. The van der Waals surface area contributed by atoms with Gasteiger partial charge in [0.1, 0.15) is 5.82 Å². The molecule has 0 saturated carbocycles. The van der Waals surface area contributed by atoms with E-state index < -0.39 is 0 Å². The van der Waals surface area contributed by atoms with E-state index in [1.165, 1.54) is 18.4 Å². The molecule has 0 spiro atoms. The van der Waals surface area contributed by atoms with E-state index in [2.05, 4.69) is 55.0 Å². The number of hydrogen-bond donors (Lipinski definition) is 1. The predicted octanol–water partition coefficient (Wildman–Crippen LogP) is 3.45. The predicted molar refractivity (Wildman–Crippen MR) is 83.6 cm³/mol. The van der Waals surface area contributed by atoms with Gasteiger partial charge in [-0.15, -0.1) is 0 Å². The Labute approximate surface area is 118 Å². The van der Waals surface area contributed by atoms with Gasteiger partial charge in [-0.25, -0.2) is 4.98 Å². The third kappa shape index (κ3) is 5.19. The zero-order valence-electron chi connectivity index (χ0n) is 12.9. The van der Waals surface area contributed by atoms with E-state index in [4.69, 9.17) is 0 Å². The van der Waals surface area contributed by atoms with Gasteiger partial charge < -0.3 is 10.2 Å². The highest BCUT2D eigenvalue weighted by Gasteiger charge is 2.11. The Morgan fingerprint density at radius 3 is 2.53 bits per heavy atom. The van der Waals surface area contributed by atoms with Crippen molar-refractivity contribution in [3.05, 3.63) is 23.9 Å². The standard InChI is InChI=1S/C16H29N3/c1-5-14(6-2)13-19(8-4)16-11-15(9-10-18-16)12-17-7-3/h9-11,14,17H,5-8,12-13H2,1-4H3. The summed E-state index contributed by atoms with van der Waals surface area (Å²) >= 11 is 0. The second-order valence-corrected chi connectivity index (χ2v) is 5.02. The first kappa shape index (κ1) is 16.0. The lowest BCUT2D eigenvalue weighted by Crippen LogP contribution is -2.29. The molecule has 0 amide bonds. The average molecular weight is 263 g/mol. The molecule has 108 valence electrons. The summed E-state index contributed by atoms with van der Waals surface area (Å²) in [4.78, 5) is 6.93. The number of nitrogens with one attached hydrogen (secondary N) is 1. The molecule has 0 fully saturated rings. The van der Waals surface area contributed by atoms with E-state index >= 15 is 0 Å². The van der Waals surface area contributed by atoms with Gasteiger partial charge >= 0.3 is 0 Å². The van der Waals surface area contributed by atoms with Crippen LogP contribution in [-0.2, 0) is 6.54 Å². The van der Waals surface area contributed by atoms with Crippen LogP contribution in [0.4, 0.5) is 5.82 Å². The van der Waals surface area contributed by atoms with Crippen LogP contribution in [0, 0.1) is 5.92 Å². The quantitative estimate of drug-likeness (QED) is 0.739. The van der Waals surface area contributed by atoms with Crippen LogP contribution >= 0.6 is 0 Å². The molecule has 3 heteroatoms. The zero-order chi connectivity index (χ0) is 14.1. The molecule has 0 saturated heterocycles. The molecule has 1 heterocycles. The Bertz CT molecular complexity index is 348. The number of pyridine rings is 1. The van der Waals surface area contributed by atoms with Crippen molar-refractivity contribution in [1.29, 1.82) is 0 Å². The highest BCUT2D eigenvalue weighted by atomic mass is 15.2. The maximum atomic E-state index is 4.54. The fourth-order valence-corrected chi connectivity index (χ4v) is 2.26. The molecule has 1 N–H and O–H groups in total. The lowest BCUT2D eigenvalue weighted by molar-refractivity contribution is 0.484. The van der Waals surface area contributed by atoms with E-state index in [0.717, 1.165) is 37.9 Å². The average Bonchev–Trinajstić information content (AvgIpc) is 2.47. The van der Waals surface area contributed by atoms with Crippen LogP contribution < -0.4 is 10.2 Å². The lowest BCUT2D eigenvalue weighted by Gasteiger charge is -2.26. The minimum Gasteiger partial charge on any atom is -0.357 e. The summed E-state index contributed by atoms with van der Waals surface area (Å²) in [5.41, 5.74) is 1.31. The zero-order valence-corrected chi connectivity index (χ0v) is 12.9. The summed E-state index contributed by atoms with van der Waals surface area (Å²) in [6.07, 6.45) is 4.41. The van der Waals surface area contributed by atoms with Crippen LogP contribution in [0.5, 0.6) is 0 Å². The number of nitrogens with zero attached hydrogens (tertiary/aromatic N) is 2. The monoisotopic (exact) mass is 263 g/mol. The van der Waals surface area contributed by atoms with Crippen LogP contribution in [0.2, 0.25) is 0 Å². The van der Waals surface area contributed by atoms with Gasteiger partial charge in [0, 0.05) is 25.8 Å². The summed E-state index contributed by atoms with van der Waals surface area (Å²) in [5, 5.41) is 3.37. The molecule has 0 unspecified atom stereocenters. The first-order valence-corrected chi connectivity index (χ1v) is 7.65. The van der Waals surface area contributed by atoms with Gasteiger partial charge in [-0.3, -0.25) is 0 Å². The van der Waals surface area contributed by atoms with Crippen molar-refractivity contribution in [3.63, 3.8) is 0 Å². The molecule has 1 aromatic heterocycles. The van der Waals surface area contributed by atoms with E-state index in [1.54, 1.807) is 0 Å². The third-order valence-electron chi connectivity index (χ3n) is 3.73. The molecular formula is C16H29N3. The van der Waals surface area contributed by atoms with Gasteiger partial charge in [0.15, 0.2) is 0 Å². The molecule has 0 aliphatic rings. The van der Waals surface area contributed by atoms with Gasteiger partial charge in [0.2, 0.25) is 0 Å². The van der Waals surface area contributed by atoms with Crippen LogP contribution in [0.15, 0.2) is 18.3 Å². The van der Waals surface area contributed by atoms with E-state index in [9.17, 15) is 0 Å². The Kier molecular flexibility index (Phi) is 7.49. The van der Waals surface area contributed by atoms with Crippen molar-refractivity contribution >= 4 is 5.82 Å². The number of anilines is 1. The van der Waals surface area contributed by atoms with Crippen molar-refractivity contribution in [2.75, 3.05) is 24.5 Å². The molecule has 19 heavy (non-hydrogen) atoms. The molecule has 0 aliphatic heterocycles. The van der Waals surface area contributed by atoms with Crippen LogP contribution in [0.25, 0.3) is 0 Å². The largest absolute Gasteiger partial charge is 0.357 e. The number of rotatable bonds is 9. The fourth-order valence-electron chi connectivity index (χ4n) is 2.26. The SMILES string of the molecule is CCNCc1ccnc(N(CC)CC(CC)CC)c1. The molecule has 0 bridgehead atoms. The van der Waals surface area contributed by atoms with Crippen molar-refractivity contribution in [1.82, 2.24) is 10.3 Å². The number of aromatic nitrogens is 1. The first-order valence-electron chi connectivity index (χ1n) is 7.65. The molecule has 1 rings (SSSR count). The molecule has 0 radical (unpaired) electrons. The van der Waals surface area contributed by atoms with Crippen molar-refractivity contribution in [2.45, 2.75) is 47.1 Å².